The maximum atomic E-state index is 13.6. The number of benzene rings is 2. The minimum absolute atomic E-state index is 0.198. The number of amides is 1. The Bertz CT molecular complexity index is 1450. The van der Waals surface area contributed by atoms with E-state index in [1.54, 1.807) is 61.7 Å². The summed E-state index contributed by atoms with van der Waals surface area (Å²) in [5, 5.41) is 3.38. The molecule has 2 aromatic carbocycles. The van der Waals surface area contributed by atoms with Crippen molar-refractivity contribution < 1.29 is 9.53 Å². The molecule has 0 saturated heterocycles. The summed E-state index contributed by atoms with van der Waals surface area (Å²) in [6.07, 6.45) is 1.63. The Morgan fingerprint density at radius 3 is 2.61 bits per heavy atom. The van der Waals surface area contributed by atoms with Gasteiger partial charge in [0.1, 0.15) is 11.8 Å². The highest BCUT2D eigenvalue weighted by Crippen LogP contribution is 2.23. The van der Waals surface area contributed by atoms with Crippen LogP contribution in [0.25, 0.3) is 16.6 Å². The van der Waals surface area contributed by atoms with E-state index in [1.807, 2.05) is 6.07 Å². The molecule has 2 heterocycles. The lowest BCUT2D eigenvalue weighted by Crippen LogP contribution is -2.43. The molecule has 0 aliphatic heterocycles. The molecule has 0 spiro atoms. The Balaban J connectivity index is 1.88. The van der Waals surface area contributed by atoms with E-state index in [1.165, 1.54) is 17.7 Å². The van der Waals surface area contributed by atoms with E-state index >= 15 is 0 Å². The van der Waals surface area contributed by atoms with Crippen LogP contribution in [0.2, 0.25) is 5.02 Å². The molecule has 168 valence electrons. The Morgan fingerprint density at radius 1 is 1.12 bits per heavy atom. The third kappa shape index (κ3) is 4.25. The van der Waals surface area contributed by atoms with Crippen molar-refractivity contribution in [1.82, 2.24) is 19.4 Å². The van der Waals surface area contributed by atoms with Crippen molar-refractivity contribution in [2.75, 3.05) is 7.11 Å². The predicted molar refractivity (Wildman–Crippen MR) is 126 cm³/mol. The highest BCUT2D eigenvalue weighted by molar-refractivity contribution is 6.31. The zero-order valence-corrected chi connectivity index (χ0v) is 18.7. The largest absolute Gasteiger partial charge is 0.495 e. The van der Waals surface area contributed by atoms with Crippen molar-refractivity contribution in [3.05, 3.63) is 98.4 Å². The molecular weight excluding hydrogens is 444 g/mol. The number of nitrogens with zero attached hydrogens (tertiary/aromatic N) is 3. The van der Waals surface area contributed by atoms with Crippen molar-refractivity contribution in [1.29, 1.82) is 0 Å². The average molecular weight is 465 g/mol. The molecule has 4 aromatic rings. The molecule has 0 fully saturated rings. The molecule has 0 saturated carbocycles. The van der Waals surface area contributed by atoms with Gasteiger partial charge < -0.3 is 10.1 Å². The van der Waals surface area contributed by atoms with Gasteiger partial charge >= 0.3 is 5.69 Å². The van der Waals surface area contributed by atoms with Crippen molar-refractivity contribution in [2.24, 2.45) is 0 Å². The van der Waals surface area contributed by atoms with Crippen molar-refractivity contribution in [3.8, 4) is 11.4 Å². The van der Waals surface area contributed by atoms with Gasteiger partial charge in [-0.1, -0.05) is 29.8 Å². The Hall–Kier alpha value is -3.91. The van der Waals surface area contributed by atoms with E-state index in [2.05, 4.69) is 10.3 Å². The van der Waals surface area contributed by atoms with Crippen LogP contribution in [0.5, 0.6) is 5.75 Å². The van der Waals surface area contributed by atoms with Gasteiger partial charge in [0.15, 0.2) is 0 Å². The van der Waals surface area contributed by atoms with Gasteiger partial charge in [-0.05, 0) is 49.4 Å². The number of methoxy groups -OCH3 is 1. The number of pyridine rings is 1. The van der Waals surface area contributed by atoms with Crippen molar-refractivity contribution in [2.45, 2.75) is 19.5 Å². The number of halogens is 1. The highest BCUT2D eigenvalue weighted by atomic mass is 35.5. The number of carbonyl (C=O) groups is 1. The van der Waals surface area contributed by atoms with Gasteiger partial charge in [-0.2, -0.15) is 0 Å². The van der Waals surface area contributed by atoms with Crippen LogP contribution in [-0.4, -0.2) is 27.1 Å². The standard InChI is InChI=1S/C24H21ClN4O4/c1-15(22(30)27-14-17-7-5-6-12-26-17)28-20-13-16(25)10-11-18(20)23(31)29(24(28)32)19-8-3-4-9-21(19)33-2/h3-13,15H,14H2,1-2H3,(H,27,30). The van der Waals surface area contributed by atoms with E-state index in [0.717, 1.165) is 4.57 Å². The number of carbonyl (C=O) groups excluding carboxylic acids is 1. The second-order valence-corrected chi connectivity index (χ2v) is 7.78. The summed E-state index contributed by atoms with van der Waals surface area (Å²) in [4.78, 5) is 44.2. The average Bonchev–Trinajstić information content (AvgIpc) is 2.83. The van der Waals surface area contributed by atoms with Crippen LogP contribution in [0.1, 0.15) is 18.7 Å². The lowest BCUT2D eigenvalue weighted by molar-refractivity contribution is -0.124. The summed E-state index contributed by atoms with van der Waals surface area (Å²) in [5.41, 5.74) is 0.0105. The van der Waals surface area contributed by atoms with Gasteiger partial charge in [-0.3, -0.25) is 19.1 Å². The van der Waals surface area contributed by atoms with Gasteiger partial charge in [0, 0.05) is 11.2 Å². The first-order chi connectivity index (χ1) is 15.9. The lowest BCUT2D eigenvalue weighted by Gasteiger charge is -2.20. The number of para-hydroxylation sites is 2. The number of ether oxygens (including phenoxy) is 1. The number of hydrogen-bond donors (Lipinski definition) is 1. The van der Waals surface area contributed by atoms with E-state index in [0.29, 0.717) is 16.5 Å². The van der Waals surface area contributed by atoms with Crippen molar-refractivity contribution >= 4 is 28.4 Å². The van der Waals surface area contributed by atoms with E-state index in [9.17, 15) is 14.4 Å². The SMILES string of the molecule is COc1ccccc1-n1c(=O)c2ccc(Cl)cc2n(C(C)C(=O)NCc2ccccn2)c1=O. The minimum atomic E-state index is -0.941. The second-order valence-electron chi connectivity index (χ2n) is 7.34. The molecule has 33 heavy (non-hydrogen) atoms. The Morgan fingerprint density at radius 2 is 1.88 bits per heavy atom. The lowest BCUT2D eigenvalue weighted by atomic mass is 10.2. The van der Waals surface area contributed by atoms with Crippen LogP contribution in [-0.2, 0) is 11.3 Å². The third-order valence-electron chi connectivity index (χ3n) is 5.31. The fraction of sp³-hybridized carbons (Fsp3) is 0.167. The first-order valence-corrected chi connectivity index (χ1v) is 10.6. The van der Waals surface area contributed by atoms with Gasteiger partial charge in [0.05, 0.1) is 35.9 Å². The van der Waals surface area contributed by atoms with Crippen LogP contribution in [0.3, 0.4) is 0 Å². The zero-order valence-electron chi connectivity index (χ0n) is 18.0. The smallest absolute Gasteiger partial charge is 0.337 e. The van der Waals surface area contributed by atoms with Gasteiger partial charge in [-0.15, -0.1) is 0 Å². The first kappa shape index (κ1) is 22.3. The zero-order chi connectivity index (χ0) is 23.5. The molecule has 0 bridgehead atoms. The maximum absolute atomic E-state index is 13.6. The summed E-state index contributed by atoms with van der Waals surface area (Å²) in [6, 6.07) is 15.8. The summed E-state index contributed by atoms with van der Waals surface area (Å²) in [7, 11) is 1.46. The van der Waals surface area contributed by atoms with Crippen LogP contribution < -0.4 is 21.3 Å². The summed E-state index contributed by atoms with van der Waals surface area (Å²) < 4.78 is 7.64. The van der Waals surface area contributed by atoms with Gasteiger partial charge in [0.2, 0.25) is 5.91 Å². The highest BCUT2D eigenvalue weighted by Gasteiger charge is 2.24. The summed E-state index contributed by atoms with van der Waals surface area (Å²) in [6.45, 7) is 1.79. The number of aromatic nitrogens is 3. The molecule has 4 rings (SSSR count). The van der Waals surface area contributed by atoms with Gasteiger partial charge in [0.25, 0.3) is 5.56 Å². The van der Waals surface area contributed by atoms with E-state index in [4.69, 9.17) is 16.3 Å². The van der Waals surface area contributed by atoms with Gasteiger partial charge in [-0.25, -0.2) is 9.36 Å². The molecule has 8 nitrogen and oxygen atoms in total. The fourth-order valence-corrected chi connectivity index (χ4v) is 3.82. The molecule has 2 aromatic heterocycles. The Kier molecular flexibility index (Phi) is 6.28. The molecule has 9 heteroatoms. The number of fused-ring (bicyclic) bond motifs is 1. The molecule has 0 radical (unpaired) electrons. The summed E-state index contributed by atoms with van der Waals surface area (Å²) in [5.74, 6) is -0.0573. The third-order valence-corrected chi connectivity index (χ3v) is 5.55. The normalized spacial score (nSPS) is 11.8. The van der Waals surface area contributed by atoms with Crippen molar-refractivity contribution in [3.63, 3.8) is 0 Å². The monoisotopic (exact) mass is 464 g/mol. The molecule has 0 aliphatic carbocycles. The number of hydrogen-bond acceptors (Lipinski definition) is 5. The first-order valence-electron chi connectivity index (χ1n) is 10.2. The molecule has 1 unspecified atom stereocenters. The molecule has 1 N–H and O–H groups in total. The fourth-order valence-electron chi connectivity index (χ4n) is 3.65. The Labute approximate surface area is 194 Å². The molecular formula is C24H21ClN4O4. The van der Waals surface area contributed by atoms with E-state index < -0.39 is 23.2 Å². The quantitative estimate of drug-likeness (QED) is 0.473. The molecule has 1 amide bonds. The number of nitrogens with one attached hydrogen (secondary N) is 1. The minimum Gasteiger partial charge on any atom is -0.495 e. The summed E-state index contributed by atoms with van der Waals surface area (Å²) >= 11 is 6.17. The van der Waals surface area contributed by atoms with Crippen LogP contribution in [0.4, 0.5) is 0 Å². The van der Waals surface area contributed by atoms with E-state index in [-0.39, 0.29) is 23.1 Å². The maximum Gasteiger partial charge on any atom is 0.337 e. The van der Waals surface area contributed by atoms with Crippen LogP contribution in [0, 0.1) is 0 Å². The second kappa shape index (κ2) is 9.30. The van der Waals surface area contributed by atoms with Crippen LogP contribution in [0.15, 0.2) is 76.4 Å². The molecule has 0 aliphatic rings. The topological polar surface area (TPSA) is 95.2 Å². The predicted octanol–water partition coefficient (Wildman–Crippen LogP) is 3.09. The van der Waals surface area contributed by atoms with Crippen LogP contribution >= 0.6 is 11.6 Å². The number of rotatable bonds is 6. The molecule has 1 atom stereocenters.